The molecule has 4 aliphatic carbocycles. The van der Waals surface area contributed by atoms with Crippen LogP contribution in [-0.4, -0.2) is 74.7 Å². The van der Waals surface area contributed by atoms with Crippen molar-refractivity contribution in [3.05, 3.63) is 142 Å². The lowest BCUT2D eigenvalue weighted by molar-refractivity contribution is -0.0892. The van der Waals surface area contributed by atoms with Crippen molar-refractivity contribution in [2.75, 3.05) is 34.0 Å². The van der Waals surface area contributed by atoms with E-state index in [1.165, 1.54) is 56.6 Å². The summed E-state index contributed by atoms with van der Waals surface area (Å²) in [6, 6.07) is 26.5. The molecule has 5 aliphatic rings. The van der Waals surface area contributed by atoms with Crippen LogP contribution in [0.5, 0.6) is 11.5 Å². The highest BCUT2D eigenvalue weighted by Gasteiger charge is 2.63. The smallest absolute Gasteiger partial charge is 0.407 e. The maximum atomic E-state index is 15.7. The Balaban J connectivity index is 0.783. The summed E-state index contributed by atoms with van der Waals surface area (Å²) in [6.45, 7) is 14.7. The summed E-state index contributed by atoms with van der Waals surface area (Å²) in [6.07, 6.45) is 9.26. The summed E-state index contributed by atoms with van der Waals surface area (Å²) in [5.41, 5.74) is 3.27. The maximum absolute atomic E-state index is 15.7. The van der Waals surface area contributed by atoms with E-state index >= 15 is 8.78 Å². The van der Waals surface area contributed by atoms with Crippen molar-refractivity contribution in [2.45, 2.75) is 155 Å². The van der Waals surface area contributed by atoms with Crippen LogP contribution in [0.1, 0.15) is 146 Å². The number of hydrogen-bond donors (Lipinski definition) is 3. The molecule has 9 rings (SSSR count). The van der Waals surface area contributed by atoms with E-state index < -0.39 is 47.7 Å². The van der Waals surface area contributed by atoms with E-state index in [0.717, 1.165) is 66.2 Å². The summed E-state index contributed by atoms with van der Waals surface area (Å²) in [4.78, 5) is 13.1. The summed E-state index contributed by atoms with van der Waals surface area (Å²) in [5, 5.41) is 25.6. The molecular formula is C64H83F2NO9. The molecule has 0 bridgehead atoms. The van der Waals surface area contributed by atoms with Gasteiger partial charge in [-0.05, 0) is 138 Å². The second kappa shape index (κ2) is 23.2. The Hall–Kier alpha value is -4.85. The van der Waals surface area contributed by atoms with Crippen LogP contribution in [0.25, 0.3) is 0 Å². The molecule has 0 radical (unpaired) electrons. The number of amides is 1. The maximum Gasteiger partial charge on any atom is 0.407 e. The number of methoxy groups -OCH3 is 2. The van der Waals surface area contributed by atoms with E-state index in [9.17, 15) is 15.0 Å². The zero-order valence-corrected chi connectivity index (χ0v) is 46.1. The average molecular weight is 1050 g/mol. The molecule has 412 valence electrons. The standard InChI is InChI=1S/C64H83F2NO9/c1-40(2)13-12-14-41(3)62(5)31-29-53-50-26-21-46-36-49(27-30-61(46,4)52(50)28-32-63(53,62)6)75-60(70)67-33-34-73-38-42-35-51(55(66)37-54(42)65)59-58(69)57(68)56(76-59)39-74-64(43-15-10-9-11-16-43,44-17-22-47(71-7)23-18-44)45-19-24-48(72-8)25-20-45/h9-11,15-25,35,37,40-41,49-50,52-53,56-59,68-69H,12-14,26-34,36,38-39H2,1-8H3,(H,67,70)/t41-,49?,50-,52+,53+,56-,57+,58?,59+,61+,62-,63+/m1/s1. The van der Waals surface area contributed by atoms with Crippen LogP contribution in [0.3, 0.4) is 0 Å². The predicted octanol–water partition coefficient (Wildman–Crippen LogP) is 13.2. The molecule has 12 heteroatoms. The molecule has 1 aliphatic heterocycles. The Labute approximate surface area is 450 Å². The third-order valence-corrected chi connectivity index (χ3v) is 19.8. The first-order chi connectivity index (χ1) is 36.4. The number of hydrogen-bond acceptors (Lipinski definition) is 9. The fourth-order valence-electron chi connectivity index (χ4n) is 15.0. The Morgan fingerprint density at radius 3 is 2.12 bits per heavy atom. The van der Waals surface area contributed by atoms with Crippen molar-refractivity contribution in [3.8, 4) is 11.5 Å². The summed E-state index contributed by atoms with van der Waals surface area (Å²) >= 11 is 0. The minimum atomic E-state index is -1.57. The lowest BCUT2D eigenvalue weighted by Crippen LogP contribution is -2.53. The number of alkyl carbamates (subject to hydrolysis) is 1. The third kappa shape index (κ3) is 10.7. The second-order valence-electron chi connectivity index (χ2n) is 24.0. The second-order valence-corrected chi connectivity index (χ2v) is 24.0. The van der Waals surface area contributed by atoms with Gasteiger partial charge in [0.25, 0.3) is 0 Å². The van der Waals surface area contributed by atoms with Crippen LogP contribution < -0.4 is 14.8 Å². The van der Waals surface area contributed by atoms with E-state index in [2.05, 4.69) is 52.9 Å². The number of halogens is 2. The minimum Gasteiger partial charge on any atom is -0.497 e. The van der Waals surface area contributed by atoms with Crippen molar-refractivity contribution in [3.63, 3.8) is 0 Å². The molecule has 10 nitrogen and oxygen atoms in total. The van der Waals surface area contributed by atoms with Crippen molar-refractivity contribution >= 4 is 6.09 Å². The van der Waals surface area contributed by atoms with E-state index in [1.54, 1.807) is 14.2 Å². The molecule has 2 unspecified atom stereocenters. The Morgan fingerprint density at radius 2 is 1.46 bits per heavy atom. The fraction of sp³-hybridized carbons (Fsp3) is 0.578. The quantitative estimate of drug-likeness (QED) is 0.0451. The van der Waals surface area contributed by atoms with Crippen molar-refractivity contribution in [1.82, 2.24) is 5.32 Å². The SMILES string of the molecule is COc1ccc(C(OC[C@H]2O[C@@H](c3cc(COCCNC(=O)OC4CC[C@@]5(C)C(=CC[C@@H]6[C@@H]5CC[C@@]5(C)[C@H]6CC[C@]5(C)[C@H](C)CCCC(C)C)C4)c(F)cc3F)C(O)[C@H]2O)(c2ccccc2)c2ccc(OC)cc2)cc1. The molecule has 4 fully saturated rings. The summed E-state index contributed by atoms with van der Waals surface area (Å²) < 4.78 is 66.9. The molecule has 3 saturated carbocycles. The van der Waals surface area contributed by atoms with E-state index in [0.29, 0.717) is 34.2 Å². The molecule has 0 aromatic heterocycles. The highest BCUT2D eigenvalue weighted by molar-refractivity contribution is 5.67. The van der Waals surface area contributed by atoms with Gasteiger partial charge < -0.3 is 44.0 Å². The largest absolute Gasteiger partial charge is 0.497 e. The number of benzene rings is 4. The molecule has 1 amide bonds. The van der Waals surface area contributed by atoms with Gasteiger partial charge in [-0.1, -0.05) is 127 Å². The number of aliphatic hydroxyl groups is 2. The molecule has 4 aromatic rings. The van der Waals surface area contributed by atoms with Crippen molar-refractivity contribution in [2.24, 2.45) is 45.8 Å². The van der Waals surface area contributed by atoms with Gasteiger partial charge in [0, 0.05) is 30.2 Å². The normalized spacial score (nSPS) is 30.5. The number of rotatable bonds is 20. The number of fused-ring (bicyclic) bond motifs is 5. The summed E-state index contributed by atoms with van der Waals surface area (Å²) in [5.74, 6) is 3.15. The van der Waals surface area contributed by atoms with Crippen LogP contribution in [0.4, 0.5) is 13.6 Å². The first-order valence-electron chi connectivity index (χ1n) is 28.2. The van der Waals surface area contributed by atoms with Gasteiger partial charge in [0.05, 0.1) is 34.0 Å². The van der Waals surface area contributed by atoms with Gasteiger partial charge in [-0.2, -0.15) is 0 Å². The lowest BCUT2D eigenvalue weighted by atomic mass is 9.44. The predicted molar refractivity (Wildman–Crippen MR) is 290 cm³/mol. The molecule has 12 atom stereocenters. The number of aliphatic hydroxyl groups excluding tert-OH is 2. The first-order valence-corrected chi connectivity index (χ1v) is 28.2. The van der Waals surface area contributed by atoms with Gasteiger partial charge in [0.1, 0.15) is 59.3 Å². The Bertz CT molecular complexity index is 2580. The van der Waals surface area contributed by atoms with Crippen molar-refractivity contribution in [1.29, 1.82) is 0 Å². The zero-order valence-electron chi connectivity index (χ0n) is 46.1. The molecular weight excluding hydrogens is 965 g/mol. The van der Waals surface area contributed by atoms with Crippen LogP contribution in [0.15, 0.2) is 103 Å². The Kier molecular flexibility index (Phi) is 17.1. The van der Waals surface area contributed by atoms with Gasteiger partial charge in [-0.3, -0.25) is 0 Å². The number of carbonyl (C=O) groups is 1. The number of ether oxygens (including phenoxy) is 6. The first kappa shape index (κ1) is 55.9. The third-order valence-electron chi connectivity index (χ3n) is 19.8. The monoisotopic (exact) mass is 1050 g/mol. The summed E-state index contributed by atoms with van der Waals surface area (Å²) in [7, 11) is 3.18. The van der Waals surface area contributed by atoms with Crippen molar-refractivity contribution < 1.29 is 52.2 Å². The number of carbonyl (C=O) groups excluding carboxylic acids is 1. The van der Waals surface area contributed by atoms with E-state index in [1.807, 2.05) is 78.9 Å². The van der Waals surface area contributed by atoms with Crippen LogP contribution in [0.2, 0.25) is 0 Å². The molecule has 4 aromatic carbocycles. The topological polar surface area (TPSA) is 125 Å². The van der Waals surface area contributed by atoms with Gasteiger partial charge in [-0.15, -0.1) is 0 Å². The van der Waals surface area contributed by atoms with Gasteiger partial charge in [-0.25, -0.2) is 13.6 Å². The van der Waals surface area contributed by atoms with Gasteiger partial charge in [0.2, 0.25) is 0 Å². The number of allylic oxidation sites excluding steroid dienone is 1. The van der Waals surface area contributed by atoms with Crippen LogP contribution in [0, 0.1) is 57.5 Å². The van der Waals surface area contributed by atoms with Crippen LogP contribution in [-0.2, 0) is 31.2 Å². The molecule has 76 heavy (non-hydrogen) atoms. The minimum absolute atomic E-state index is 0.0236. The molecule has 1 heterocycles. The number of nitrogens with one attached hydrogen (secondary N) is 1. The molecule has 3 N–H and O–H groups in total. The molecule has 1 saturated heterocycles. The fourth-order valence-corrected chi connectivity index (χ4v) is 15.0. The highest BCUT2D eigenvalue weighted by Crippen LogP contribution is 2.71. The molecule has 0 spiro atoms. The van der Waals surface area contributed by atoms with Gasteiger partial charge >= 0.3 is 6.09 Å². The van der Waals surface area contributed by atoms with E-state index in [-0.39, 0.29) is 49.0 Å². The van der Waals surface area contributed by atoms with E-state index in [4.69, 9.17) is 28.4 Å². The average Bonchev–Trinajstić information content (AvgIpc) is 3.96. The highest BCUT2D eigenvalue weighted by atomic mass is 19.1. The zero-order chi connectivity index (χ0) is 54.0. The lowest BCUT2D eigenvalue weighted by Gasteiger charge is -2.60. The van der Waals surface area contributed by atoms with Crippen LogP contribution >= 0.6 is 0 Å². The Morgan fingerprint density at radius 1 is 0.803 bits per heavy atom. The van der Waals surface area contributed by atoms with Gasteiger partial charge in [0.15, 0.2) is 0 Å².